The molecule has 1 N–H and O–H groups in total. The molecule has 1 amide bonds. The number of esters is 1. The zero-order chi connectivity index (χ0) is 17.5. The molecule has 2 rings (SSSR count). The summed E-state index contributed by atoms with van der Waals surface area (Å²) in [6.07, 6.45) is 6.57. The Balaban J connectivity index is 2.10. The molecule has 0 aromatic carbocycles. The van der Waals surface area contributed by atoms with Gasteiger partial charge in [0.15, 0.2) is 0 Å². The van der Waals surface area contributed by atoms with E-state index in [1.165, 1.54) is 0 Å². The van der Waals surface area contributed by atoms with Crippen molar-refractivity contribution in [2.24, 2.45) is 11.8 Å². The molecule has 0 spiro atoms. The highest BCUT2D eigenvalue weighted by Crippen LogP contribution is 2.31. The molecule has 0 aliphatic heterocycles. The first-order chi connectivity index (χ1) is 11.6. The number of aryl methyl sites for hydroxylation is 1. The molecular formula is C18H29N3O3. The van der Waals surface area contributed by atoms with Crippen molar-refractivity contribution in [3.63, 3.8) is 0 Å². The number of hydrogen-bond donors (Lipinski definition) is 1. The van der Waals surface area contributed by atoms with E-state index in [0.29, 0.717) is 24.8 Å². The van der Waals surface area contributed by atoms with Gasteiger partial charge in [-0.15, -0.1) is 0 Å². The molecule has 0 radical (unpaired) electrons. The lowest BCUT2D eigenvalue weighted by molar-refractivity contribution is -0.147. The van der Waals surface area contributed by atoms with Gasteiger partial charge in [-0.2, -0.15) is 5.10 Å². The molecule has 1 heterocycles. The van der Waals surface area contributed by atoms with Gasteiger partial charge in [-0.1, -0.05) is 26.7 Å². The monoisotopic (exact) mass is 335 g/mol. The predicted octanol–water partition coefficient (Wildman–Crippen LogP) is 2.78. The van der Waals surface area contributed by atoms with Gasteiger partial charge in [0, 0.05) is 12.7 Å². The molecule has 1 aliphatic rings. The number of ether oxygens (including phenoxy) is 1. The second-order valence-corrected chi connectivity index (χ2v) is 6.66. The van der Waals surface area contributed by atoms with Crippen LogP contribution in [0.4, 0.5) is 0 Å². The number of carbonyl (C=O) groups is 2. The summed E-state index contributed by atoms with van der Waals surface area (Å²) in [6.45, 7) is 7.06. The van der Waals surface area contributed by atoms with Gasteiger partial charge >= 0.3 is 5.97 Å². The molecule has 1 saturated carbocycles. The van der Waals surface area contributed by atoms with Crippen molar-refractivity contribution in [3.05, 3.63) is 18.0 Å². The molecule has 24 heavy (non-hydrogen) atoms. The SMILES string of the molecule is CCCn1nccc1C(=O)N[C@H](C(=O)OCC)[C@H]1CC[C@H](C)CC1. The van der Waals surface area contributed by atoms with Crippen molar-refractivity contribution >= 4 is 11.9 Å². The van der Waals surface area contributed by atoms with Crippen LogP contribution in [0.2, 0.25) is 0 Å². The second-order valence-electron chi connectivity index (χ2n) is 6.66. The number of amides is 1. The third-order valence-electron chi connectivity index (χ3n) is 4.74. The van der Waals surface area contributed by atoms with E-state index < -0.39 is 6.04 Å². The predicted molar refractivity (Wildman–Crippen MR) is 91.5 cm³/mol. The van der Waals surface area contributed by atoms with Crippen LogP contribution >= 0.6 is 0 Å². The average molecular weight is 335 g/mol. The van der Waals surface area contributed by atoms with Crippen LogP contribution in [-0.2, 0) is 16.1 Å². The summed E-state index contributed by atoms with van der Waals surface area (Å²) in [7, 11) is 0. The van der Waals surface area contributed by atoms with Gasteiger partial charge in [0.2, 0.25) is 0 Å². The fourth-order valence-electron chi connectivity index (χ4n) is 3.35. The summed E-state index contributed by atoms with van der Waals surface area (Å²) in [5.41, 5.74) is 0.496. The van der Waals surface area contributed by atoms with Crippen LogP contribution in [0.3, 0.4) is 0 Å². The Kier molecular flexibility index (Phi) is 6.82. The number of nitrogens with zero attached hydrogens (tertiary/aromatic N) is 2. The quantitative estimate of drug-likeness (QED) is 0.778. The molecule has 0 bridgehead atoms. The summed E-state index contributed by atoms with van der Waals surface area (Å²) in [4.78, 5) is 25.0. The van der Waals surface area contributed by atoms with E-state index in [2.05, 4.69) is 17.3 Å². The van der Waals surface area contributed by atoms with Crippen LogP contribution in [0.1, 0.15) is 63.4 Å². The van der Waals surface area contributed by atoms with E-state index in [-0.39, 0.29) is 17.8 Å². The van der Waals surface area contributed by atoms with Crippen LogP contribution in [0.5, 0.6) is 0 Å². The van der Waals surface area contributed by atoms with Crippen molar-refractivity contribution in [2.45, 2.75) is 65.5 Å². The first-order valence-corrected chi connectivity index (χ1v) is 9.06. The van der Waals surface area contributed by atoms with E-state index >= 15 is 0 Å². The molecule has 1 fully saturated rings. The summed E-state index contributed by atoms with van der Waals surface area (Å²) >= 11 is 0. The first-order valence-electron chi connectivity index (χ1n) is 9.06. The summed E-state index contributed by atoms with van der Waals surface area (Å²) < 4.78 is 6.89. The normalized spacial score (nSPS) is 22.0. The summed E-state index contributed by atoms with van der Waals surface area (Å²) in [5, 5.41) is 7.09. The van der Waals surface area contributed by atoms with Crippen molar-refractivity contribution < 1.29 is 14.3 Å². The van der Waals surface area contributed by atoms with Crippen LogP contribution < -0.4 is 5.32 Å². The Labute approximate surface area is 143 Å². The lowest BCUT2D eigenvalue weighted by Crippen LogP contribution is -2.48. The Morgan fingerprint density at radius 3 is 2.67 bits per heavy atom. The lowest BCUT2D eigenvalue weighted by atomic mass is 9.79. The van der Waals surface area contributed by atoms with Crippen molar-refractivity contribution in [3.8, 4) is 0 Å². The Bertz CT molecular complexity index is 547. The van der Waals surface area contributed by atoms with Gasteiger partial charge in [0.1, 0.15) is 11.7 Å². The van der Waals surface area contributed by atoms with Crippen molar-refractivity contribution in [1.82, 2.24) is 15.1 Å². The fourth-order valence-corrected chi connectivity index (χ4v) is 3.35. The molecule has 134 valence electrons. The molecule has 0 unspecified atom stereocenters. The Morgan fingerprint density at radius 1 is 1.33 bits per heavy atom. The third-order valence-corrected chi connectivity index (χ3v) is 4.74. The van der Waals surface area contributed by atoms with Gasteiger partial charge < -0.3 is 10.1 Å². The molecule has 1 atom stereocenters. The first kappa shape index (κ1) is 18.5. The van der Waals surface area contributed by atoms with E-state index in [0.717, 1.165) is 32.1 Å². The molecule has 1 aromatic rings. The Morgan fingerprint density at radius 2 is 2.04 bits per heavy atom. The lowest BCUT2D eigenvalue weighted by Gasteiger charge is -2.31. The number of nitrogens with one attached hydrogen (secondary N) is 1. The van der Waals surface area contributed by atoms with Gasteiger partial charge in [-0.25, -0.2) is 4.79 Å². The van der Waals surface area contributed by atoms with Crippen molar-refractivity contribution in [2.75, 3.05) is 6.61 Å². The van der Waals surface area contributed by atoms with E-state index in [4.69, 9.17) is 4.74 Å². The standard InChI is InChI=1S/C18H29N3O3/c1-4-12-21-15(10-11-19-21)17(22)20-16(18(23)24-5-2)14-8-6-13(3)7-9-14/h10-11,13-14,16H,4-9,12H2,1-3H3,(H,20,22)/t13-,14-,16-/m0/s1. The maximum atomic E-state index is 12.6. The van der Waals surface area contributed by atoms with Crippen LogP contribution in [0.15, 0.2) is 12.3 Å². The van der Waals surface area contributed by atoms with Gasteiger partial charge in [0.05, 0.1) is 6.61 Å². The summed E-state index contributed by atoms with van der Waals surface area (Å²) in [6, 6.07) is 1.12. The minimum absolute atomic E-state index is 0.145. The zero-order valence-electron chi connectivity index (χ0n) is 15.0. The largest absolute Gasteiger partial charge is 0.464 e. The maximum Gasteiger partial charge on any atom is 0.328 e. The zero-order valence-corrected chi connectivity index (χ0v) is 15.0. The van der Waals surface area contributed by atoms with Gasteiger partial charge in [-0.3, -0.25) is 9.48 Å². The number of hydrogen-bond acceptors (Lipinski definition) is 4. The van der Waals surface area contributed by atoms with Crippen LogP contribution in [0.25, 0.3) is 0 Å². The molecule has 0 saturated heterocycles. The number of carbonyl (C=O) groups excluding carboxylic acids is 2. The topological polar surface area (TPSA) is 73.2 Å². The third kappa shape index (κ3) is 4.58. The Hall–Kier alpha value is -1.85. The number of rotatable bonds is 7. The maximum absolute atomic E-state index is 12.6. The second kappa shape index (κ2) is 8.85. The van der Waals surface area contributed by atoms with Crippen LogP contribution in [-0.4, -0.2) is 34.3 Å². The molecule has 1 aliphatic carbocycles. The average Bonchev–Trinajstić information content (AvgIpc) is 3.02. The summed E-state index contributed by atoms with van der Waals surface area (Å²) in [5.74, 6) is 0.252. The molecule has 6 heteroatoms. The van der Waals surface area contributed by atoms with E-state index in [1.54, 1.807) is 23.9 Å². The highest BCUT2D eigenvalue weighted by atomic mass is 16.5. The smallest absolute Gasteiger partial charge is 0.328 e. The minimum atomic E-state index is -0.574. The van der Waals surface area contributed by atoms with E-state index in [1.807, 2.05) is 6.92 Å². The van der Waals surface area contributed by atoms with Crippen molar-refractivity contribution in [1.29, 1.82) is 0 Å². The molecule has 6 nitrogen and oxygen atoms in total. The minimum Gasteiger partial charge on any atom is -0.464 e. The number of aromatic nitrogens is 2. The highest BCUT2D eigenvalue weighted by molar-refractivity contribution is 5.95. The van der Waals surface area contributed by atoms with E-state index in [9.17, 15) is 9.59 Å². The fraction of sp³-hybridized carbons (Fsp3) is 0.722. The van der Waals surface area contributed by atoms with Crippen LogP contribution in [0, 0.1) is 11.8 Å². The molecular weight excluding hydrogens is 306 g/mol. The van der Waals surface area contributed by atoms with Gasteiger partial charge in [-0.05, 0) is 44.1 Å². The molecule has 1 aromatic heterocycles. The highest BCUT2D eigenvalue weighted by Gasteiger charge is 2.34. The van der Waals surface area contributed by atoms with Gasteiger partial charge in [0.25, 0.3) is 5.91 Å².